The normalized spacial score (nSPS) is 11.8. The van der Waals surface area contributed by atoms with Gasteiger partial charge in [0.1, 0.15) is 12.1 Å². The number of carbonyl (C=O) groups is 1. The summed E-state index contributed by atoms with van der Waals surface area (Å²) >= 11 is 0. The van der Waals surface area contributed by atoms with Gasteiger partial charge in [0.15, 0.2) is 0 Å². The van der Waals surface area contributed by atoms with Crippen molar-refractivity contribution in [1.29, 1.82) is 0 Å². The highest BCUT2D eigenvalue weighted by Gasteiger charge is 2.11. The molecule has 7 heteroatoms. The number of amides is 1. The van der Waals surface area contributed by atoms with Gasteiger partial charge in [0, 0.05) is 5.56 Å². The zero-order valence-corrected chi connectivity index (χ0v) is 14.8. The van der Waals surface area contributed by atoms with Crippen LogP contribution in [-0.2, 0) is 6.54 Å². The molecule has 2 aromatic carbocycles. The summed E-state index contributed by atoms with van der Waals surface area (Å²) in [5.41, 5.74) is 2.66. The SMILES string of the molecule is CCOc1ccc(C(C)NC(=O)c2ccc(Cn3cnnn3)cc2)cc1. The van der Waals surface area contributed by atoms with E-state index < -0.39 is 0 Å². The summed E-state index contributed by atoms with van der Waals surface area (Å²) < 4.78 is 7.07. The van der Waals surface area contributed by atoms with Gasteiger partial charge in [0.2, 0.25) is 0 Å². The monoisotopic (exact) mass is 351 g/mol. The number of hydrogen-bond acceptors (Lipinski definition) is 5. The van der Waals surface area contributed by atoms with Crippen LogP contribution in [0.2, 0.25) is 0 Å². The largest absolute Gasteiger partial charge is 0.494 e. The van der Waals surface area contributed by atoms with E-state index >= 15 is 0 Å². The lowest BCUT2D eigenvalue weighted by atomic mass is 10.1. The van der Waals surface area contributed by atoms with Crippen molar-refractivity contribution in [3.63, 3.8) is 0 Å². The highest BCUT2D eigenvalue weighted by atomic mass is 16.5. The maximum absolute atomic E-state index is 12.5. The molecule has 3 aromatic rings. The Morgan fingerprint density at radius 2 is 1.88 bits per heavy atom. The van der Waals surface area contributed by atoms with Crippen molar-refractivity contribution < 1.29 is 9.53 Å². The fourth-order valence-corrected chi connectivity index (χ4v) is 2.58. The second kappa shape index (κ2) is 8.24. The molecule has 0 saturated heterocycles. The Bertz CT molecular complexity index is 829. The van der Waals surface area contributed by atoms with Gasteiger partial charge in [0.25, 0.3) is 5.91 Å². The number of benzene rings is 2. The van der Waals surface area contributed by atoms with Crippen molar-refractivity contribution in [3.8, 4) is 5.75 Å². The quantitative estimate of drug-likeness (QED) is 0.707. The van der Waals surface area contributed by atoms with Gasteiger partial charge in [-0.05, 0) is 59.7 Å². The Morgan fingerprint density at radius 3 is 2.50 bits per heavy atom. The van der Waals surface area contributed by atoms with Crippen molar-refractivity contribution in [2.75, 3.05) is 6.61 Å². The van der Waals surface area contributed by atoms with E-state index in [9.17, 15) is 4.79 Å². The Hall–Kier alpha value is -3.22. The highest BCUT2D eigenvalue weighted by molar-refractivity contribution is 5.94. The summed E-state index contributed by atoms with van der Waals surface area (Å²) in [5.74, 6) is 0.716. The van der Waals surface area contributed by atoms with E-state index in [1.165, 1.54) is 0 Å². The molecule has 1 amide bonds. The molecule has 1 N–H and O–H groups in total. The molecule has 7 nitrogen and oxygen atoms in total. The summed E-state index contributed by atoms with van der Waals surface area (Å²) in [6.07, 6.45) is 1.55. The molecule has 3 rings (SSSR count). The third kappa shape index (κ3) is 4.44. The molecule has 0 radical (unpaired) electrons. The van der Waals surface area contributed by atoms with E-state index in [0.717, 1.165) is 16.9 Å². The Labute approximate surface area is 152 Å². The second-order valence-electron chi connectivity index (χ2n) is 5.90. The standard InChI is InChI=1S/C19H21N5O2/c1-3-26-18-10-8-16(9-11-18)14(2)21-19(25)17-6-4-15(5-7-17)12-24-13-20-22-23-24/h4-11,13-14H,3,12H2,1-2H3,(H,21,25). The second-order valence-corrected chi connectivity index (χ2v) is 5.90. The predicted octanol–water partition coefficient (Wildman–Crippen LogP) is 2.61. The van der Waals surface area contributed by atoms with Crippen molar-refractivity contribution >= 4 is 5.91 Å². The van der Waals surface area contributed by atoms with E-state index in [-0.39, 0.29) is 11.9 Å². The molecule has 1 heterocycles. The van der Waals surface area contributed by atoms with Crippen LogP contribution < -0.4 is 10.1 Å². The lowest BCUT2D eigenvalue weighted by molar-refractivity contribution is 0.0940. The average Bonchev–Trinajstić information content (AvgIpc) is 3.16. The fraction of sp³-hybridized carbons (Fsp3) is 0.263. The van der Waals surface area contributed by atoms with Gasteiger partial charge >= 0.3 is 0 Å². The van der Waals surface area contributed by atoms with Crippen LogP contribution in [0.4, 0.5) is 0 Å². The highest BCUT2D eigenvalue weighted by Crippen LogP contribution is 2.18. The number of rotatable bonds is 7. The first-order chi connectivity index (χ1) is 12.7. The molecule has 0 saturated carbocycles. The number of nitrogens with zero attached hydrogens (tertiary/aromatic N) is 4. The Morgan fingerprint density at radius 1 is 1.15 bits per heavy atom. The summed E-state index contributed by atoms with van der Waals surface area (Å²) in [6, 6.07) is 15.1. The van der Waals surface area contributed by atoms with Crippen molar-refractivity contribution in [1.82, 2.24) is 25.5 Å². The average molecular weight is 351 g/mol. The summed E-state index contributed by atoms with van der Waals surface area (Å²) in [6.45, 7) is 5.11. The smallest absolute Gasteiger partial charge is 0.251 e. The number of nitrogens with one attached hydrogen (secondary N) is 1. The first-order valence-electron chi connectivity index (χ1n) is 8.49. The number of tetrazole rings is 1. The topological polar surface area (TPSA) is 81.9 Å². The van der Waals surface area contributed by atoms with Gasteiger partial charge in [-0.2, -0.15) is 0 Å². The molecule has 0 spiro atoms. The molecule has 0 aliphatic heterocycles. The van der Waals surface area contributed by atoms with Gasteiger partial charge < -0.3 is 10.1 Å². The number of hydrogen-bond donors (Lipinski definition) is 1. The van der Waals surface area contributed by atoms with Crippen LogP contribution in [0.5, 0.6) is 5.75 Å². The maximum atomic E-state index is 12.5. The summed E-state index contributed by atoms with van der Waals surface area (Å²) in [5, 5.41) is 14.0. The molecule has 1 unspecified atom stereocenters. The maximum Gasteiger partial charge on any atom is 0.251 e. The molecule has 0 aliphatic carbocycles. The van der Waals surface area contributed by atoms with Gasteiger partial charge in [-0.3, -0.25) is 4.79 Å². The molecule has 1 atom stereocenters. The molecule has 0 aliphatic rings. The molecule has 26 heavy (non-hydrogen) atoms. The molecule has 134 valence electrons. The van der Waals surface area contributed by atoms with Crippen LogP contribution >= 0.6 is 0 Å². The fourth-order valence-electron chi connectivity index (χ4n) is 2.58. The van der Waals surface area contributed by atoms with Crippen molar-refractivity contribution in [2.45, 2.75) is 26.4 Å². The van der Waals surface area contributed by atoms with Gasteiger partial charge in [-0.1, -0.05) is 24.3 Å². The van der Waals surface area contributed by atoms with Crippen molar-refractivity contribution in [3.05, 3.63) is 71.5 Å². The van der Waals surface area contributed by atoms with Crippen LogP contribution in [0.3, 0.4) is 0 Å². The first kappa shape index (κ1) is 17.6. The molecule has 0 fully saturated rings. The zero-order valence-electron chi connectivity index (χ0n) is 14.8. The van der Waals surface area contributed by atoms with E-state index in [1.54, 1.807) is 23.1 Å². The predicted molar refractivity (Wildman–Crippen MR) is 96.9 cm³/mol. The van der Waals surface area contributed by atoms with Crippen molar-refractivity contribution in [2.24, 2.45) is 0 Å². The minimum absolute atomic E-state index is 0.0981. The van der Waals surface area contributed by atoms with Gasteiger partial charge in [-0.15, -0.1) is 5.10 Å². The molecule has 1 aromatic heterocycles. The van der Waals surface area contributed by atoms with Crippen LogP contribution in [0, 0.1) is 0 Å². The third-order valence-corrected chi connectivity index (χ3v) is 3.99. The van der Waals surface area contributed by atoms with Gasteiger partial charge in [-0.25, -0.2) is 4.68 Å². The molecular formula is C19H21N5O2. The number of ether oxygens (including phenoxy) is 1. The van der Waals surface area contributed by atoms with Crippen LogP contribution in [0.1, 0.15) is 41.4 Å². The minimum Gasteiger partial charge on any atom is -0.494 e. The van der Waals surface area contributed by atoms with E-state index in [1.807, 2.05) is 50.2 Å². The Balaban J connectivity index is 1.59. The lowest BCUT2D eigenvalue weighted by Gasteiger charge is -2.15. The lowest BCUT2D eigenvalue weighted by Crippen LogP contribution is -2.26. The van der Waals surface area contributed by atoms with E-state index in [0.29, 0.717) is 18.7 Å². The summed E-state index contributed by atoms with van der Waals surface area (Å²) in [4.78, 5) is 12.5. The number of carbonyl (C=O) groups excluding carboxylic acids is 1. The van der Waals surface area contributed by atoms with Crippen LogP contribution in [0.25, 0.3) is 0 Å². The van der Waals surface area contributed by atoms with E-state index in [4.69, 9.17) is 4.74 Å². The van der Waals surface area contributed by atoms with Crippen LogP contribution in [-0.4, -0.2) is 32.7 Å². The minimum atomic E-state index is -0.111. The summed E-state index contributed by atoms with van der Waals surface area (Å²) in [7, 11) is 0. The van der Waals surface area contributed by atoms with Gasteiger partial charge in [0.05, 0.1) is 19.2 Å². The number of aromatic nitrogens is 4. The first-order valence-corrected chi connectivity index (χ1v) is 8.49. The molecular weight excluding hydrogens is 330 g/mol. The van der Waals surface area contributed by atoms with E-state index in [2.05, 4.69) is 20.8 Å². The third-order valence-electron chi connectivity index (χ3n) is 3.99. The Kier molecular flexibility index (Phi) is 5.58. The molecule has 0 bridgehead atoms. The van der Waals surface area contributed by atoms with Crippen LogP contribution in [0.15, 0.2) is 54.9 Å². The zero-order chi connectivity index (χ0) is 18.4.